The smallest absolute Gasteiger partial charge is 0.213 e. The molecule has 0 rings (SSSR count). The highest BCUT2D eigenvalue weighted by Crippen LogP contribution is 2.01. The number of nitrogens with two attached hydrogens (primary N) is 1. The van der Waals surface area contributed by atoms with Gasteiger partial charge in [-0.05, 0) is 18.8 Å². The molecular formula is C8H20N4. The lowest BCUT2D eigenvalue weighted by molar-refractivity contribution is 0.550. The molecule has 0 bridgehead atoms. The Morgan fingerprint density at radius 3 is 2.58 bits per heavy atom. The molecule has 0 fully saturated rings. The number of guanidine groups is 1. The van der Waals surface area contributed by atoms with Gasteiger partial charge in [0.15, 0.2) is 0 Å². The molecule has 0 aromatic heterocycles. The lowest BCUT2D eigenvalue weighted by Gasteiger charge is -2.08. The second-order valence-corrected chi connectivity index (χ2v) is 3.19. The van der Waals surface area contributed by atoms with Crippen LogP contribution in [0.3, 0.4) is 0 Å². The van der Waals surface area contributed by atoms with Crippen molar-refractivity contribution in [3.8, 4) is 0 Å². The highest BCUT2D eigenvalue weighted by Gasteiger charge is 1.95. The van der Waals surface area contributed by atoms with E-state index in [1.54, 1.807) is 7.05 Å². The van der Waals surface area contributed by atoms with Crippen molar-refractivity contribution in [2.75, 3.05) is 13.6 Å². The molecule has 0 spiro atoms. The third-order valence-electron chi connectivity index (χ3n) is 1.62. The summed E-state index contributed by atoms with van der Waals surface area (Å²) in [6.07, 6.45) is 2.38. The number of hydrogen-bond donors (Lipinski definition) is 3. The molecule has 0 unspecified atom stereocenters. The summed E-state index contributed by atoms with van der Waals surface area (Å²) >= 11 is 0. The molecule has 0 aromatic carbocycles. The summed E-state index contributed by atoms with van der Waals surface area (Å²) in [6, 6.07) is 0. The van der Waals surface area contributed by atoms with E-state index in [2.05, 4.69) is 29.6 Å². The van der Waals surface area contributed by atoms with Crippen molar-refractivity contribution >= 4 is 5.96 Å². The summed E-state index contributed by atoms with van der Waals surface area (Å²) in [5.41, 5.74) is 0. The van der Waals surface area contributed by atoms with Gasteiger partial charge in [0, 0.05) is 13.6 Å². The molecule has 0 aromatic rings. The number of hydrazone groups is 1. The van der Waals surface area contributed by atoms with Crippen LogP contribution in [0.25, 0.3) is 0 Å². The minimum absolute atomic E-state index is 0.652. The normalized spacial score (nSPS) is 11.8. The summed E-state index contributed by atoms with van der Waals surface area (Å²) in [7, 11) is 1.79. The number of hydrogen-bond acceptors (Lipinski definition) is 2. The van der Waals surface area contributed by atoms with Crippen molar-refractivity contribution in [3.05, 3.63) is 0 Å². The predicted molar refractivity (Wildman–Crippen MR) is 52.8 cm³/mol. The SMILES string of the molecule is CN/C(=N\N)NCCCC(C)C. The van der Waals surface area contributed by atoms with Crippen LogP contribution in [0.1, 0.15) is 26.7 Å². The summed E-state index contributed by atoms with van der Waals surface area (Å²) in [5, 5.41) is 9.46. The van der Waals surface area contributed by atoms with Crippen molar-refractivity contribution in [1.29, 1.82) is 0 Å². The molecule has 72 valence electrons. The molecule has 0 heterocycles. The van der Waals surface area contributed by atoms with E-state index in [1.807, 2.05) is 0 Å². The fourth-order valence-corrected chi connectivity index (χ4v) is 0.916. The van der Waals surface area contributed by atoms with Crippen LogP contribution in [-0.2, 0) is 0 Å². The van der Waals surface area contributed by atoms with Gasteiger partial charge in [-0.1, -0.05) is 13.8 Å². The lowest BCUT2D eigenvalue weighted by Crippen LogP contribution is -2.36. The van der Waals surface area contributed by atoms with E-state index < -0.39 is 0 Å². The molecule has 0 aliphatic rings. The monoisotopic (exact) mass is 172 g/mol. The predicted octanol–water partition coefficient (Wildman–Crippen LogP) is 0.461. The summed E-state index contributed by atoms with van der Waals surface area (Å²) in [6.45, 7) is 5.36. The zero-order valence-corrected chi connectivity index (χ0v) is 8.22. The topological polar surface area (TPSA) is 62.4 Å². The van der Waals surface area contributed by atoms with E-state index in [1.165, 1.54) is 6.42 Å². The van der Waals surface area contributed by atoms with Crippen LogP contribution >= 0.6 is 0 Å². The van der Waals surface area contributed by atoms with E-state index in [0.717, 1.165) is 18.9 Å². The Morgan fingerprint density at radius 2 is 2.17 bits per heavy atom. The Labute approximate surface area is 74.6 Å². The maximum Gasteiger partial charge on any atom is 0.213 e. The van der Waals surface area contributed by atoms with Gasteiger partial charge in [0.25, 0.3) is 0 Å². The van der Waals surface area contributed by atoms with E-state index in [-0.39, 0.29) is 0 Å². The van der Waals surface area contributed by atoms with Gasteiger partial charge < -0.3 is 16.5 Å². The Kier molecular flexibility index (Phi) is 6.24. The van der Waals surface area contributed by atoms with Crippen LogP contribution in [0.5, 0.6) is 0 Å². The first-order valence-corrected chi connectivity index (χ1v) is 4.40. The third kappa shape index (κ3) is 5.82. The Bertz CT molecular complexity index is 131. The average molecular weight is 172 g/mol. The van der Waals surface area contributed by atoms with Gasteiger partial charge in [-0.2, -0.15) is 0 Å². The highest BCUT2D eigenvalue weighted by molar-refractivity contribution is 5.78. The molecule has 0 saturated carbocycles. The van der Waals surface area contributed by atoms with Gasteiger partial charge in [0.05, 0.1) is 0 Å². The van der Waals surface area contributed by atoms with Crippen molar-refractivity contribution in [2.24, 2.45) is 16.9 Å². The molecule has 12 heavy (non-hydrogen) atoms. The van der Waals surface area contributed by atoms with Gasteiger partial charge in [0.2, 0.25) is 5.96 Å². The zero-order valence-electron chi connectivity index (χ0n) is 8.22. The van der Waals surface area contributed by atoms with Crippen molar-refractivity contribution in [3.63, 3.8) is 0 Å². The van der Waals surface area contributed by atoms with E-state index in [9.17, 15) is 0 Å². The number of nitrogens with one attached hydrogen (secondary N) is 2. The van der Waals surface area contributed by atoms with Crippen molar-refractivity contribution in [1.82, 2.24) is 10.6 Å². The van der Waals surface area contributed by atoms with Gasteiger partial charge in [-0.25, -0.2) is 0 Å². The fourth-order valence-electron chi connectivity index (χ4n) is 0.916. The summed E-state index contributed by atoms with van der Waals surface area (Å²) in [5.74, 6) is 6.50. The molecule has 0 saturated heterocycles. The third-order valence-corrected chi connectivity index (χ3v) is 1.62. The quantitative estimate of drug-likeness (QED) is 0.190. The van der Waals surface area contributed by atoms with E-state index in [4.69, 9.17) is 5.84 Å². The first-order chi connectivity index (χ1) is 5.70. The highest BCUT2D eigenvalue weighted by atomic mass is 15.3. The minimum Gasteiger partial charge on any atom is -0.358 e. The molecule has 0 atom stereocenters. The van der Waals surface area contributed by atoms with Crippen LogP contribution in [0.2, 0.25) is 0 Å². The van der Waals surface area contributed by atoms with Gasteiger partial charge >= 0.3 is 0 Å². The molecule has 4 N–H and O–H groups in total. The van der Waals surface area contributed by atoms with E-state index in [0.29, 0.717) is 5.96 Å². The molecular weight excluding hydrogens is 152 g/mol. The van der Waals surface area contributed by atoms with Crippen molar-refractivity contribution in [2.45, 2.75) is 26.7 Å². The second-order valence-electron chi connectivity index (χ2n) is 3.19. The number of rotatable bonds is 4. The first kappa shape index (κ1) is 11.1. The molecule has 4 nitrogen and oxygen atoms in total. The Hall–Kier alpha value is -0.930. The Balaban J connectivity index is 3.30. The van der Waals surface area contributed by atoms with E-state index >= 15 is 0 Å². The van der Waals surface area contributed by atoms with Crippen molar-refractivity contribution < 1.29 is 0 Å². The zero-order chi connectivity index (χ0) is 9.40. The molecule has 0 amide bonds. The fraction of sp³-hybridized carbons (Fsp3) is 0.875. The van der Waals surface area contributed by atoms with Crippen LogP contribution in [-0.4, -0.2) is 19.6 Å². The standard InChI is InChI=1S/C8H20N4/c1-7(2)5-4-6-11-8(10-3)12-9/h7H,4-6,9H2,1-3H3,(H2,10,11,12). The summed E-state index contributed by atoms with van der Waals surface area (Å²) < 4.78 is 0. The first-order valence-electron chi connectivity index (χ1n) is 4.40. The maximum atomic E-state index is 5.09. The van der Waals surface area contributed by atoms with Crippen LogP contribution < -0.4 is 16.5 Å². The molecule has 0 aliphatic carbocycles. The minimum atomic E-state index is 0.652. The van der Waals surface area contributed by atoms with Crippen LogP contribution in [0, 0.1) is 5.92 Å². The van der Waals surface area contributed by atoms with Gasteiger partial charge in [-0.3, -0.25) is 0 Å². The molecule has 4 heteroatoms. The Morgan fingerprint density at radius 1 is 1.50 bits per heavy atom. The van der Waals surface area contributed by atoms with Crippen LogP contribution in [0.15, 0.2) is 5.10 Å². The largest absolute Gasteiger partial charge is 0.358 e. The van der Waals surface area contributed by atoms with Gasteiger partial charge in [-0.15, -0.1) is 5.10 Å². The maximum absolute atomic E-state index is 5.09. The molecule has 0 radical (unpaired) electrons. The summed E-state index contributed by atoms with van der Waals surface area (Å²) in [4.78, 5) is 0. The lowest BCUT2D eigenvalue weighted by atomic mass is 10.1. The van der Waals surface area contributed by atoms with Crippen LogP contribution in [0.4, 0.5) is 0 Å². The molecule has 0 aliphatic heterocycles. The average Bonchev–Trinajstić information content (AvgIpc) is 2.04. The van der Waals surface area contributed by atoms with Gasteiger partial charge in [0.1, 0.15) is 0 Å². The number of nitrogens with zero attached hydrogens (tertiary/aromatic N) is 1. The second kappa shape index (κ2) is 6.76.